The molecule has 6 heteroatoms. The van der Waals surface area contributed by atoms with Gasteiger partial charge >= 0.3 is 0 Å². The van der Waals surface area contributed by atoms with Gasteiger partial charge in [-0.1, -0.05) is 26.0 Å². The molecule has 1 aliphatic carbocycles. The molecule has 0 spiro atoms. The van der Waals surface area contributed by atoms with Crippen LogP contribution in [-0.2, 0) is 19.0 Å². The lowest BCUT2D eigenvalue weighted by Crippen LogP contribution is -2.48. The second-order valence-electron chi connectivity index (χ2n) is 4.63. The van der Waals surface area contributed by atoms with E-state index < -0.39 is 22.3 Å². The molecule has 1 aliphatic rings. The van der Waals surface area contributed by atoms with E-state index in [0.29, 0.717) is 6.42 Å². The molecule has 2 N–H and O–H groups in total. The number of ether oxygens (including phenoxy) is 1. The maximum atomic E-state index is 11.3. The van der Waals surface area contributed by atoms with Crippen molar-refractivity contribution in [3.05, 3.63) is 12.2 Å². The number of nitrogens with two attached hydrogens (primary N) is 1. The molecule has 0 aromatic carbocycles. The van der Waals surface area contributed by atoms with Crippen LogP contribution in [0.4, 0.5) is 0 Å². The minimum absolute atomic E-state index is 0.0932. The molecule has 0 saturated carbocycles. The van der Waals surface area contributed by atoms with Crippen LogP contribution in [0.5, 0.6) is 0 Å². The fourth-order valence-electron chi connectivity index (χ4n) is 2.01. The van der Waals surface area contributed by atoms with E-state index in [1.807, 2.05) is 26.0 Å². The fourth-order valence-corrected chi connectivity index (χ4v) is 2.67. The molecule has 0 radical (unpaired) electrons. The van der Waals surface area contributed by atoms with Gasteiger partial charge in [0.1, 0.15) is 12.2 Å². The zero-order valence-electron chi connectivity index (χ0n) is 11.2. The van der Waals surface area contributed by atoms with Crippen molar-refractivity contribution in [1.29, 1.82) is 0 Å². The molecule has 0 saturated heterocycles. The summed E-state index contributed by atoms with van der Waals surface area (Å²) in [6.07, 6.45) is 6.21. The molecule has 5 nitrogen and oxygen atoms in total. The van der Waals surface area contributed by atoms with Crippen molar-refractivity contribution in [2.24, 2.45) is 5.73 Å². The topological polar surface area (TPSA) is 78.6 Å². The van der Waals surface area contributed by atoms with Crippen LogP contribution in [0.1, 0.15) is 33.1 Å². The van der Waals surface area contributed by atoms with Gasteiger partial charge in [0.15, 0.2) is 0 Å². The summed E-state index contributed by atoms with van der Waals surface area (Å²) in [5.41, 5.74) is 5.91. The Morgan fingerprint density at radius 3 is 2.50 bits per heavy atom. The summed E-state index contributed by atoms with van der Waals surface area (Å²) in [4.78, 5) is 0. The molecule has 0 unspecified atom stereocenters. The summed E-state index contributed by atoms with van der Waals surface area (Å²) < 4.78 is 33.4. The van der Waals surface area contributed by atoms with Crippen LogP contribution in [0.2, 0.25) is 0 Å². The highest BCUT2D eigenvalue weighted by atomic mass is 32.2. The highest BCUT2D eigenvalue weighted by Crippen LogP contribution is 2.22. The van der Waals surface area contributed by atoms with Gasteiger partial charge in [-0.05, 0) is 19.3 Å². The van der Waals surface area contributed by atoms with Gasteiger partial charge in [-0.15, -0.1) is 0 Å². The standard InChI is InChI=1S/C12H23NO4S/c1-4-9(5-2)16-11-8-6-7-10(13)12(11)17-18(3,14)15/h6,8-12H,4-5,7,13H2,1-3H3/t10-,11-,12-/m1/s1. The van der Waals surface area contributed by atoms with E-state index in [2.05, 4.69) is 0 Å². The van der Waals surface area contributed by atoms with E-state index in [4.69, 9.17) is 14.7 Å². The Morgan fingerprint density at radius 2 is 2.00 bits per heavy atom. The molecular formula is C12H23NO4S. The first-order valence-electron chi connectivity index (χ1n) is 6.33. The zero-order chi connectivity index (χ0) is 13.8. The van der Waals surface area contributed by atoms with Gasteiger partial charge in [0.05, 0.1) is 12.4 Å². The minimum atomic E-state index is -3.53. The molecule has 0 aliphatic heterocycles. The van der Waals surface area contributed by atoms with Gasteiger partial charge in [-0.3, -0.25) is 4.18 Å². The van der Waals surface area contributed by atoms with Crippen molar-refractivity contribution in [2.45, 2.75) is 57.5 Å². The average Bonchev–Trinajstić information content (AvgIpc) is 2.28. The van der Waals surface area contributed by atoms with E-state index in [-0.39, 0.29) is 12.1 Å². The quantitative estimate of drug-likeness (QED) is 0.583. The van der Waals surface area contributed by atoms with Crippen molar-refractivity contribution in [3.8, 4) is 0 Å². The number of hydrogen-bond acceptors (Lipinski definition) is 5. The Kier molecular flexibility index (Phi) is 5.78. The van der Waals surface area contributed by atoms with Crippen molar-refractivity contribution in [1.82, 2.24) is 0 Å². The van der Waals surface area contributed by atoms with Crippen molar-refractivity contribution < 1.29 is 17.3 Å². The van der Waals surface area contributed by atoms with E-state index in [0.717, 1.165) is 19.1 Å². The lowest BCUT2D eigenvalue weighted by molar-refractivity contribution is -0.0539. The van der Waals surface area contributed by atoms with Crippen LogP contribution >= 0.6 is 0 Å². The molecular weight excluding hydrogens is 254 g/mol. The number of hydrogen-bond donors (Lipinski definition) is 1. The summed E-state index contributed by atoms with van der Waals surface area (Å²) >= 11 is 0. The van der Waals surface area contributed by atoms with Gasteiger partial charge in [-0.2, -0.15) is 8.42 Å². The maximum absolute atomic E-state index is 11.3. The normalized spacial score (nSPS) is 28.8. The monoisotopic (exact) mass is 277 g/mol. The third-order valence-electron chi connectivity index (χ3n) is 3.03. The Balaban J connectivity index is 2.78. The van der Waals surface area contributed by atoms with Crippen LogP contribution in [0, 0.1) is 0 Å². The predicted molar refractivity (Wildman–Crippen MR) is 70.7 cm³/mol. The first kappa shape index (κ1) is 15.6. The minimum Gasteiger partial charge on any atom is -0.368 e. The zero-order valence-corrected chi connectivity index (χ0v) is 12.0. The van der Waals surface area contributed by atoms with Crippen molar-refractivity contribution in [3.63, 3.8) is 0 Å². The fraction of sp³-hybridized carbons (Fsp3) is 0.833. The second-order valence-corrected chi connectivity index (χ2v) is 6.23. The predicted octanol–water partition coefficient (Wildman–Crippen LogP) is 1.19. The number of rotatable bonds is 6. The van der Waals surface area contributed by atoms with E-state index in [1.54, 1.807) is 0 Å². The molecule has 0 amide bonds. The first-order valence-corrected chi connectivity index (χ1v) is 8.15. The summed E-state index contributed by atoms with van der Waals surface area (Å²) in [6, 6.07) is -0.357. The van der Waals surface area contributed by atoms with Crippen molar-refractivity contribution in [2.75, 3.05) is 6.26 Å². The van der Waals surface area contributed by atoms with Crippen molar-refractivity contribution >= 4 is 10.1 Å². The molecule has 1 rings (SSSR count). The Hall–Kier alpha value is -0.430. The Labute approximate surface area is 109 Å². The molecule has 18 heavy (non-hydrogen) atoms. The summed E-state index contributed by atoms with van der Waals surface area (Å²) in [6.45, 7) is 4.07. The second kappa shape index (κ2) is 6.65. The van der Waals surface area contributed by atoms with Crippen LogP contribution in [0.15, 0.2) is 12.2 Å². The van der Waals surface area contributed by atoms with Gasteiger partial charge in [0.2, 0.25) is 0 Å². The van der Waals surface area contributed by atoms with Crippen LogP contribution in [0.3, 0.4) is 0 Å². The van der Waals surface area contributed by atoms with Crippen LogP contribution in [-0.4, -0.2) is 39.0 Å². The first-order chi connectivity index (χ1) is 8.37. The van der Waals surface area contributed by atoms with Gasteiger partial charge in [-0.25, -0.2) is 0 Å². The van der Waals surface area contributed by atoms with E-state index >= 15 is 0 Å². The highest BCUT2D eigenvalue weighted by Gasteiger charge is 2.33. The van der Waals surface area contributed by atoms with Crippen LogP contribution in [0.25, 0.3) is 0 Å². The summed E-state index contributed by atoms with van der Waals surface area (Å²) in [7, 11) is -3.53. The Morgan fingerprint density at radius 1 is 1.39 bits per heavy atom. The summed E-state index contributed by atoms with van der Waals surface area (Å²) in [5.74, 6) is 0. The van der Waals surface area contributed by atoms with Crippen LogP contribution < -0.4 is 5.73 Å². The van der Waals surface area contributed by atoms with E-state index in [1.165, 1.54) is 0 Å². The summed E-state index contributed by atoms with van der Waals surface area (Å²) in [5, 5.41) is 0. The highest BCUT2D eigenvalue weighted by molar-refractivity contribution is 7.86. The van der Waals surface area contributed by atoms with Gasteiger partial charge in [0, 0.05) is 6.04 Å². The van der Waals surface area contributed by atoms with E-state index in [9.17, 15) is 8.42 Å². The largest absolute Gasteiger partial charge is 0.368 e. The Bertz CT molecular complexity index is 376. The molecule has 0 aromatic rings. The average molecular weight is 277 g/mol. The molecule has 0 aromatic heterocycles. The molecule has 106 valence electrons. The lowest BCUT2D eigenvalue weighted by atomic mass is 9.96. The van der Waals surface area contributed by atoms with Gasteiger partial charge in [0.25, 0.3) is 10.1 Å². The molecule has 0 bridgehead atoms. The molecule has 0 heterocycles. The third kappa shape index (κ3) is 4.68. The smallest absolute Gasteiger partial charge is 0.264 e. The SMILES string of the molecule is CCC(CC)O[C@@H]1C=CC[C@@H](N)[C@H]1OS(C)(=O)=O. The lowest BCUT2D eigenvalue weighted by Gasteiger charge is -2.33. The molecule has 0 fully saturated rings. The van der Waals surface area contributed by atoms with Gasteiger partial charge < -0.3 is 10.5 Å². The maximum Gasteiger partial charge on any atom is 0.264 e. The molecule has 3 atom stereocenters. The third-order valence-corrected chi connectivity index (χ3v) is 3.60.